The van der Waals surface area contributed by atoms with E-state index < -0.39 is 5.97 Å². The molecule has 1 aliphatic rings. The first-order chi connectivity index (χ1) is 10.3. The maximum absolute atomic E-state index is 11.5. The normalized spacial score (nSPS) is 13.0. The second-order valence-electron chi connectivity index (χ2n) is 4.13. The Morgan fingerprint density at radius 3 is 2.95 bits per heavy atom. The predicted octanol–water partition coefficient (Wildman–Crippen LogP) is 2.77. The molecule has 2 aromatic rings. The molecule has 0 bridgehead atoms. The van der Waals surface area contributed by atoms with Crippen LogP contribution in [0.15, 0.2) is 39.0 Å². The molecule has 3 rings (SSSR count). The van der Waals surface area contributed by atoms with E-state index in [1.165, 1.54) is 18.0 Å². The lowest BCUT2D eigenvalue weighted by molar-refractivity contribution is 0.0519. The first kappa shape index (κ1) is 13.8. The minimum absolute atomic E-state index is 0.164. The number of fused-ring (bicyclic) bond motifs is 1. The van der Waals surface area contributed by atoms with Gasteiger partial charge in [-0.15, -0.1) is 0 Å². The molecule has 1 aromatic carbocycles. The minimum Gasteiger partial charge on any atom is -0.486 e. The third kappa shape index (κ3) is 3.13. The Morgan fingerprint density at radius 2 is 2.14 bits per heavy atom. The molecule has 1 aromatic heterocycles. The number of hydrogen-bond acceptors (Lipinski definition) is 7. The number of aromatic nitrogens is 1. The van der Waals surface area contributed by atoms with Gasteiger partial charge in [-0.1, -0.05) is 0 Å². The maximum Gasteiger partial charge on any atom is 0.360 e. The third-order valence-corrected chi connectivity index (χ3v) is 3.54. The van der Waals surface area contributed by atoms with Crippen LogP contribution in [0.4, 0.5) is 0 Å². The van der Waals surface area contributed by atoms with Gasteiger partial charge < -0.3 is 18.6 Å². The van der Waals surface area contributed by atoms with E-state index in [4.69, 9.17) is 18.6 Å². The smallest absolute Gasteiger partial charge is 0.360 e. The fraction of sp³-hybridized carbons (Fsp3) is 0.286. The summed E-state index contributed by atoms with van der Waals surface area (Å²) in [5.41, 5.74) is 0.164. The number of carbonyl (C=O) groups excluding carboxylic acids is 1. The standard InChI is InChI=1S/C14H13NO5S/c1-2-17-13(16)10-8-20-14(15-10)21-9-3-4-11-12(7-9)19-6-5-18-11/h3-4,7-8H,2,5-6H2,1H3. The SMILES string of the molecule is CCOC(=O)c1coc(Sc2ccc3c(c2)OCCO3)n1. The van der Waals surface area contributed by atoms with Crippen molar-refractivity contribution in [3.8, 4) is 11.5 Å². The lowest BCUT2D eigenvalue weighted by atomic mass is 10.3. The summed E-state index contributed by atoms with van der Waals surface area (Å²) >= 11 is 1.30. The number of esters is 1. The molecule has 0 radical (unpaired) electrons. The number of oxazole rings is 1. The van der Waals surface area contributed by atoms with Gasteiger partial charge in [0.2, 0.25) is 0 Å². The van der Waals surface area contributed by atoms with Gasteiger partial charge in [0.25, 0.3) is 5.22 Å². The fourth-order valence-corrected chi connectivity index (χ4v) is 2.53. The average molecular weight is 307 g/mol. The lowest BCUT2D eigenvalue weighted by Gasteiger charge is -2.18. The predicted molar refractivity (Wildman–Crippen MR) is 74.0 cm³/mol. The zero-order chi connectivity index (χ0) is 14.7. The molecule has 0 amide bonds. The quantitative estimate of drug-likeness (QED) is 0.804. The van der Waals surface area contributed by atoms with Gasteiger partial charge >= 0.3 is 5.97 Å². The number of carbonyl (C=O) groups is 1. The Balaban J connectivity index is 1.73. The summed E-state index contributed by atoms with van der Waals surface area (Å²) < 4.78 is 21.1. The van der Waals surface area contributed by atoms with E-state index >= 15 is 0 Å². The highest BCUT2D eigenvalue weighted by Crippen LogP contribution is 2.36. The van der Waals surface area contributed by atoms with Crippen molar-refractivity contribution >= 4 is 17.7 Å². The van der Waals surface area contributed by atoms with Crippen molar-refractivity contribution in [1.82, 2.24) is 4.98 Å². The molecule has 6 nitrogen and oxygen atoms in total. The first-order valence-electron chi connectivity index (χ1n) is 6.46. The largest absolute Gasteiger partial charge is 0.486 e. The van der Waals surface area contributed by atoms with Crippen LogP contribution in [-0.4, -0.2) is 30.8 Å². The Kier molecular flexibility index (Phi) is 4.01. The van der Waals surface area contributed by atoms with Crippen LogP contribution in [0.5, 0.6) is 11.5 Å². The Hall–Kier alpha value is -2.15. The Morgan fingerprint density at radius 1 is 1.33 bits per heavy atom. The van der Waals surface area contributed by atoms with Crippen molar-refractivity contribution in [3.05, 3.63) is 30.2 Å². The van der Waals surface area contributed by atoms with Gasteiger partial charge in [0.1, 0.15) is 19.5 Å². The van der Waals surface area contributed by atoms with E-state index in [9.17, 15) is 4.79 Å². The van der Waals surface area contributed by atoms with E-state index in [0.29, 0.717) is 30.8 Å². The highest BCUT2D eigenvalue weighted by molar-refractivity contribution is 7.99. The van der Waals surface area contributed by atoms with Crippen LogP contribution in [-0.2, 0) is 4.74 Å². The van der Waals surface area contributed by atoms with Crippen LogP contribution >= 0.6 is 11.8 Å². The summed E-state index contributed by atoms with van der Waals surface area (Å²) in [6, 6.07) is 5.58. The van der Waals surface area contributed by atoms with Gasteiger partial charge in [-0.2, -0.15) is 4.98 Å². The Bertz CT molecular complexity index is 655. The van der Waals surface area contributed by atoms with Gasteiger partial charge in [0.15, 0.2) is 17.2 Å². The number of hydrogen-bond donors (Lipinski definition) is 0. The molecule has 0 fully saturated rings. The zero-order valence-corrected chi connectivity index (χ0v) is 12.1. The molecule has 0 saturated carbocycles. The van der Waals surface area contributed by atoms with E-state index in [1.807, 2.05) is 18.2 Å². The molecule has 7 heteroatoms. The number of ether oxygens (including phenoxy) is 3. The van der Waals surface area contributed by atoms with Crippen molar-refractivity contribution < 1.29 is 23.4 Å². The fourth-order valence-electron chi connectivity index (χ4n) is 1.79. The van der Waals surface area contributed by atoms with Crippen molar-refractivity contribution in [2.75, 3.05) is 19.8 Å². The zero-order valence-electron chi connectivity index (χ0n) is 11.3. The molecular weight excluding hydrogens is 294 g/mol. The van der Waals surface area contributed by atoms with Gasteiger partial charge in [0, 0.05) is 4.90 Å². The van der Waals surface area contributed by atoms with Gasteiger partial charge in [-0.05, 0) is 36.9 Å². The molecule has 0 N–H and O–H groups in total. The van der Waals surface area contributed by atoms with Gasteiger partial charge in [0.05, 0.1) is 6.61 Å². The number of nitrogens with zero attached hydrogens (tertiary/aromatic N) is 1. The number of benzene rings is 1. The van der Waals surface area contributed by atoms with Crippen LogP contribution in [0.2, 0.25) is 0 Å². The van der Waals surface area contributed by atoms with E-state index in [-0.39, 0.29) is 5.69 Å². The van der Waals surface area contributed by atoms with Crippen LogP contribution < -0.4 is 9.47 Å². The Labute approximate surface area is 125 Å². The van der Waals surface area contributed by atoms with Crippen LogP contribution in [0, 0.1) is 0 Å². The summed E-state index contributed by atoms with van der Waals surface area (Å²) in [5, 5.41) is 0.370. The van der Waals surface area contributed by atoms with Crippen LogP contribution in [0.25, 0.3) is 0 Å². The summed E-state index contributed by atoms with van der Waals surface area (Å²) in [6.07, 6.45) is 1.29. The van der Waals surface area contributed by atoms with Gasteiger partial charge in [-0.25, -0.2) is 4.79 Å². The van der Waals surface area contributed by atoms with E-state index in [0.717, 1.165) is 10.6 Å². The van der Waals surface area contributed by atoms with Gasteiger partial charge in [-0.3, -0.25) is 0 Å². The molecular formula is C14H13NO5S. The molecule has 0 saturated heterocycles. The first-order valence-corrected chi connectivity index (χ1v) is 7.28. The van der Waals surface area contributed by atoms with E-state index in [2.05, 4.69) is 4.98 Å². The summed E-state index contributed by atoms with van der Waals surface area (Å²) in [5.74, 6) is 0.934. The summed E-state index contributed by atoms with van der Waals surface area (Å²) in [4.78, 5) is 16.5. The molecule has 21 heavy (non-hydrogen) atoms. The third-order valence-electron chi connectivity index (χ3n) is 2.69. The molecule has 110 valence electrons. The minimum atomic E-state index is -0.490. The van der Waals surface area contributed by atoms with Crippen molar-refractivity contribution in [3.63, 3.8) is 0 Å². The van der Waals surface area contributed by atoms with Crippen molar-refractivity contribution in [2.24, 2.45) is 0 Å². The van der Waals surface area contributed by atoms with Crippen LogP contribution in [0.1, 0.15) is 17.4 Å². The van der Waals surface area contributed by atoms with E-state index in [1.54, 1.807) is 6.92 Å². The van der Waals surface area contributed by atoms with Crippen molar-refractivity contribution in [2.45, 2.75) is 17.0 Å². The summed E-state index contributed by atoms with van der Waals surface area (Å²) in [7, 11) is 0. The van der Waals surface area contributed by atoms with Crippen molar-refractivity contribution in [1.29, 1.82) is 0 Å². The molecule has 2 heterocycles. The average Bonchev–Trinajstić information content (AvgIpc) is 2.96. The molecule has 0 unspecified atom stereocenters. The second kappa shape index (κ2) is 6.09. The lowest BCUT2D eigenvalue weighted by Crippen LogP contribution is -2.15. The molecule has 0 aliphatic carbocycles. The molecule has 0 spiro atoms. The van der Waals surface area contributed by atoms with Crippen LogP contribution in [0.3, 0.4) is 0 Å². The molecule has 0 atom stereocenters. The maximum atomic E-state index is 11.5. The second-order valence-corrected chi connectivity index (χ2v) is 5.15. The summed E-state index contributed by atoms with van der Waals surface area (Å²) in [6.45, 7) is 3.13. The highest BCUT2D eigenvalue weighted by atomic mass is 32.2. The topological polar surface area (TPSA) is 70.8 Å². The number of rotatable bonds is 4. The molecule has 1 aliphatic heterocycles. The highest BCUT2D eigenvalue weighted by Gasteiger charge is 2.16. The monoisotopic (exact) mass is 307 g/mol.